The molecule has 2 saturated heterocycles. The van der Waals surface area contributed by atoms with Crippen molar-refractivity contribution in [1.82, 2.24) is 19.8 Å². The van der Waals surface area contributed by atoms with E-state index in [1.54, 1.807) is 53.3 Å². The van der Waals surface area contributed by atoms with E-state index < -0.39 is 60.0 Å². The van der Waals surface area contributed by atoms with Crippen LogP contribution in [-0.2, 0) is 34.9 Å². The van der Waals surface area contributed by atoms with E-state index in [0.717, 1.165) is 101 Å². The zero-order valence-corrected chi connectivity index (χ0v) is 46.1. The third kappa shape index (κ3) is 12.7. The van der Waals surface area contributed by atoms with Crippen molar-refractivity contribution >= 4 is 51.1 Å². The maximum Gasteiger partial charge on any atom is 0.416 e. The summed E-state index contributed by atoms with van der Waals surface area (Å²) in [5.74, 6) is 1.71. The van der Waals surface area contributed by atoms with Gasteiger partial charge in [-0.3, -0.25) is 9.80 Å². The molecule has 0 spiro atoms. The number of hydrogen-bond acceptors (Lipinski definition) is 9. The highest BCUT2D eigenvalue weighted by molar-refractivity contribution is 9.10. The van der Waals surface area contributed by atoms with Gasteiger partial charge in [0.1, 0.15) is 23.8 Å². The highest BCUT2D eigenvalue weighted by Crippen LogP contribution is 2.42. The van der Waals surface area contributed by atoms with Crippen molar-refractivity contribution < 1.29 is 45.4 Å². The minimum Gasteiger partial charge on any atom is -0.439 e. The molecule has 18 heteroatoms. The number of halogens is 7. The second-order valence-corrected chi connectivity index (χ2v) is 22.4. The molecule has 0 N–H and O–H groups in total. The number of hydrogen-bond donors (Lipinski definition) is 0. The highest BCUT2D eigenvalue weighted by atomic mass is 79.9. The van der Waals surface area contributed by atoms with Crippen LogP contribution in [0.4, 0.5) is 47.6 Å². The lowest BCUT2D eigenvalue weighted by molar-refractivity contribution is -0.138. The molecule has 2 amide bonds. The van der Waals surface area contributed by atoms with Gasteiger partial charge in [0.05, 0.1) is 36.3 Å². The summed E-state index contributed by atoms with van der Waals surface area (Å²) >= 11 is 5.16. The Morgan fingerprint density at radius 1 is 0.640 bits per heavy atom. The molecule has 0 bridgehead atoms. The molecule has 4 aliphatic rings. The van der Waals surface area contributed by atoms with Gasteiger partial charge in [-0.15, -0.1) is 11.3 Å². The van der Waals surface area contributed by atoms with Gasteiger partial charge in [0, 0.05) is 63.6 Å². The van der Waals surface area contributed by atoms with Gasteiger partial charge in [-0.1, -0.05) is 61.8 Å². The first-order chi connectivity index (χ1) is 35.6. The Bertz CT molecular complexity index is 2810. The van der Waals surface area contributed by atoms with E-state index in [0.29, 0.717) is 34.3 Å². The van der Waals surface area contributed by atoms with Gasteiger partial charge in [-0.05, 0) is 155 Å². The Kier molecular flexibility index (Phi) is 17.5. The Balaban J connectivity index is 0.000000201. The summed E-state index contributed by atoms with van der Waals surface area (Å²) in [6, 6.07) is 13.8. The maximum absolute atomic E-state index is 13.5. The number of benzene rings is 2. The van der Waals surface area contributed by atoms with Crippen molar-refractivity contribution in [1.29, 1.82) is 0 Å². The first-order valence-electron chi connectivity index (χ1n) is 26.2. The molecule has 2 aliphatic carbocycles. The van der Waals surface area contributed by atoms with Crippen molar-refractivity contribution in [3.05, 3.63) is 127 Å². The van der Waals surface area contributed by atoms with Gasteiger partial charge in [0.15, 0.2) is 0 Å². The minimum atomic E-state index is -4.48. The predicted octanol–water partition coefficient (Wildman–Crippen LogP) is 16.1. The third-order valence-corrected chi connectivity index (χ3v) is 16.7. The second-order valence-electron chi connectivity index (χ2n) is 20.5. The quantitative estimate of drug-likeness (QED) is 0.108. The van der Waals surface area contributed by atoms with Crippen molar-refractivity contribution in [2.75, 3.05) is 22.9 Å². The first-order valence-corrected chi connectivity index (χ1v) is 27.9. The Hall–Kier alpha value is -5.36. The lowest BCUT2D eigenvalue weighted by atomic mass is 9.93. The summed E-state index contributed by atoms with van der Waals surface area (Å²) in [6.45, 7) is 15.3. The molecule has 5 aromatic rings. The number of thiophene rings is 1. The number of amides is 2. The molecule has 9 rings (SSSR count). The molecular formula is C57H67BrF6N6O4S. The topological polar surface area (TPSA) is 91.3 Å². The van der Waals surface area contributed by atoms with Crippen LogP contribution in [0.15, 0.2) is 76.8 Å². The molecule has 404 valence electrons. The van der Waals surface area contributed by atoms with E-state index in [2.05, 4.69) is 64.0 Å². The molecule has 4 atom stereocenters. The van der Waals surface area contributed by atoms with Crippen LogP contribution in [0.1, 0.15) is 154 Å². The monoisotopic (exact) mass is 1120 g/mol. The van der Waals surface area contributed by atoms with E-state index in [1.165, 1.54) is 44.1 Å². The zero-order valence-electron chi connectivity index (χ0n) is 43.7. The van der Waals surface area contributed by atoms with Gasteiger partial charge in [0.2, 0.25) is 0 Å². The van der Waals surface area contributed by atoms with Crippen LogP contribution in [0, 0.1) is 20.8 Å². The number of aromatic nitrogens is 2. The summed E-state index contributed by atoms with van der Waals surface area (Å²) in [7, 11) is 0. The number of rotatable bonds is 13. The average Bonchev–Trinajstić information content (AvgIpc) is 4.02. The van der Waals surface area contributed by atoms with Crippen LogP contribution in [0.2, 0.25) is 0 Å². The van der Waals surface area contributed by atoms with E-state index in [4.69, 9.17) is 19.4 Å². The van der Waals surface area contributed by atoms with Gasteiger partial charge in [-0.2, -0.15) is 26.3 Å². The van der Waals surface area contributed by atoms with Crippen molar-refractivity contribution in [3.8, 4) is 10.4 Å². The average molecular weight is 1130 g/mol. The number of alkyl halides is 6. The van der Waals surface area contributed by atoms with Crippen LogP contribution in [0.5, 0.6) is 0 Å². The smallest absolute Gasteiger partial charge is 0.416 e. The molecule has 3 aromatic heterocycles. The van der Waals surface area contributed by atoms with Gasteiger partial charge >= 0.3 is 24.5 Å². The molecule has 2 saturated carbocycles. The van der Waals surface area contributed by atoms with Crippen LogP contribution < -0.4 is 9.80 Å². The maximum atomic E-state index is 13.5. The number of anilines is 2. The Morgan fingerprint density at radius 3 is 1.49 bits per heavy atom. The number of pyridine rings is 2. The summed E-state index contributed by atoms with van der Waals surface area (Å²) in [4.78, 5) is 44.8. The molecule has 5 heterocycles. The molecule has 75 heavy (non-hydrogen) atoms. The third-order valence-electron chi connectivity index (χ3n) is 15.2. The fourth-order valence-electron chi connectivity index (χ4n) is 11.4. The Morgan fingerprint density at radius 2 is 1.08 bits per heavy atom. The summed E-state index contributed by atoms with van der Waals surface area (Å²) < 4.78 is 92.9. The van der Waals surface area contributed by atoms with Crippen LogP contribution in [0.3, 0.4) is 0 Å². The minimum absolute atomic E-state index is 0.262. The molecule has 0 radical (unpaired) electrons. The summed E-state index contributed by atoms with van der Waals surface area (Å²) in [5, 5.41) is 2.06. The highest BCUT2D eigenvalue weighted by Gasteiger charge is 2.44. The number of carbonyl (C=O) groups excluding carboxylic acids is 2. The summed E-state index contributed by atoms with van der Waals surface area (Å²) in [5.41, 5.74) is 4.15. The van der Waals surface area contributed by atoms with Crippen molar-refractivity contribution in [2.45, 2.75) is 174 Å². The lowest BCUT2D eigenvalue weighted by Gasteiger charge is -2.36. The second kappa shape index (κ2) is 23.5. The number of carbonyl (C=O) groups is 2. The predicted molar refractivity (Wildman–Crippen MR) is 285 cm³/mol. The molecule has 2 aliphatic heterocycles. The van der Waals surface area contributed by atoms with Crippen LogP contribution in [0.25, 0.3) is 10.4 Å². The van der Waals surface area contributed by atoms with Gasteiger partial charge < -0.3 is 19.3 Å². The van der Waals surface area contributed by atoms with E-state index in [1.807, 2.05) is 26.1 Å². The molecule has 2 aromatic carbocycles. The number of cyclic esters (lactones) is 2. The number of nitrogens with zero attached hydrogens (tertiary/aromatic N) is 6. The van der Waals surface area contributed by atoms with Crippen LogP contribution in [-0.4, -0.2) is 69.2 Å². The first kappa shape index (κ1) is 55.9. The SMILES string of the molecule is CCN(c1ncc(-c2sccc2C)cc1CN1C(=O)OC(c2cc(C)cc(C(F)(F)F)c2)[C@@H]1C)C1CCCCC1.CCN(c1ncc(Br)cc1CN1C(=O)O[C@H](c2cc(C)cc(C(F)(F)F)c2)[C@@H]1C)C1CCCCC1. The lowest BCUT2D eigenvalue weighted by Crippen LogP contribution is -2.39. The molecule has 10 nitrogen and oxygen atoms in total. The zero-order chi connectivity index (χ0) is 53.9. The molecular weight excluding hydrogens is 1060 g/mol. The fraction of sp³-hybridized carbons (Fsp3) is 0.509. The van der Waals surface area contributed by atoms with Gasteiger partial charge in [0.25, 0.3) is 0 Å². The standard InChI is InChI=1S/C31H36F3N3O2S.C26H31BrF3N3O2/c1-5-36(26-9-7-6-8-10-26)29-24(15-23(17-35-29)28-20(3)11-12-40-28)18-37-21(4)27(39-30(37)38)22-13-19(2)14-25(16-22)31(32,33)34;1-4-32(22-8-6-5-7-9-22)24-19(13-21(27)14-31-24)15-33-17(3)23(35-25(33)34)18-10-16(2)11-20(12-18)26(28,29)30/h11-17,21,26-27H,5-10,18H2,1-4H3;10-14,17,22-23H,4-9,15H2,1-3H3/t21-,27?;17-,23-/m00/s1. The van der Waals surface area contributed by atoms with Crippen molar-refractivity contribution in [2.24, 2.45) is 0 Å². The molecule has 1 unspecified atom stereocenters. The Labute approximate surface area is 448 Å². The van der Waals surface area contributed by atoms with Crippen molar-refractivity contribution in [3.63, 3.8) is 0 Å². The van der Waals surface area contributed by atoms with Gasteiger partial charge in [-0.25, -0.2) is 19.6 Å². The van der Waals surface area contributed by atoms with E-state index >= 15 is 0 Å². The van der Waals surface area contributed by atoms with Crippen LogP contribution >= 0.6 is 27.3 Å². The normalized spacial score (nSPS) is 20.7. The fourth-order valence-corrected chi connectivity index (χ4v) is 12.7. The van der Waals surface area contributed by atoms with E-state index in [9.17, 15) is 35.9 Å². The number of aryl methyl sites for hydroxylation is 3. The number of ether oxygens (including phenoxy) is 2. The summed E-state index contributed by atoms with van der Waals surface area (Å²) in [6.07, 6.45) is 3.82. The largest absolute Gasteiger partial charge is 0.439 e. The molecule has 4 fully saturated rings. The van der Waals surface area contributed by atoms with E-state index in [-0.39, 0.29) is 13.1 Å².